The molecule has 0 aliphatic heterocycles. The zero-order valence-electron chi connectivity index (χ0n) is 9.44. The molecule has 0 amide bonds. The zero-order valence-corrected chi connectivity index (χ0v) is 9.44. The van der Waals surface area contributed by atoms with E-state index >= 15 is 0 Å². The van der Waals surface area contributed by atoms with Crippen LogP contribution < -0.4 is 0 Å². The Morgan fingerprint density at radius 2 is 2.12 bits per heavy atom. The van der Waals surface area contributed by atoms with Crippen LogP contribution in [0.15, 0.2) is 24.3 Å². The molecule has 1 N–H and O–H groups in total. The number of halogens is 1. The van der Waals surface area contributed by atoms with Gasteiger partial charge in [-0.05, 0) is 36.8 Å². The second-order valence-corrected chi connectivity index (χ2v) is 3.80. The monoisotopic (exact) mass is 234 g/mol. The number of carboxylic acids is 1. The normalized spacial score (nSPS) is 10.5. The highest BCUT2D eigenvalue weighted by molar-refractivity contribution is 5.87. The predicted octanol–water partition coefficient (Wildman–Crippen LogP) is 2.23. The Kier molecular flexibility index (Phi) is 2.67. The summed E-state index contributed by atoms with van der Waals surface area (Å²) in [6.07, 6.45) is 0. The third-order valence-electron chi connectivity index (χ3n) is 2.56. The fourth-order valence-corrected chi connectivity index (χ4v) is 1.74. The molecule has 2 aromatic rings. The first-order valence-electron chi connectivity index (χ1n) is 5.03. The van der Waals surface area contributed by atoms with Crippen LogP contribution in [0.1, 0.15) is 16.1 Å². The Hall–Kier alpha value is -2.17. The van der Waals surface area contributed by atoms with E-state index in [4.69, 9.17) is 5.11 Å². The Morgan fingerprint density at radius 1 is 1.41 bits per heavy atom. The molecule has 0 aliphatic carbocycles. The number of aryl methyl sites for hydroxylation is 2. The predicted molar refractivity (Wildman–Crippen MR) is 60.3 cm³/mol. The minimum atomic E-state index is -1.08. The van der Waals surface area contributed by atoms with Gasteiger partial charge in [0.15, 0.2) is 5.69 Å². The molecule has 0 fully saturated rings. The molecular formula is C12H11FN2O2. The first kappa shape index (κ1) is 11.3. The topological polar surface area (TPSA) is 55.1 Å². The quantitative estimate of drug-likeness (QED) is 0.866. The largest absolute Gasteiger partial charge is 0.476 e. The highest BCUT2D eigenvalue weighted by atomic mass is 19.1. The molecule has 17 heavy (non-hydrogen) atoms. The molecule has 2 rings (SSSR count). The maximum Gasteiger partial charge on any atom is 0.356 e. The van der Waals surface area contributed by atoms with Crippen molar-refractivity contribution in [1.29, 1.82) is 0 Å². The third-order valence-corrected chi connectivity index (χ3v) is 2.56. The number of hydrogen-bond donors (Lipinski definition) is 1. The lowest BCUT2D eigenvalue weighted by Gasteiger charge is -2.05. The molecular weight excluding hydrogens is 223 g/mol. The molecule has 0 unspecified atom stereocenters. The summed E-state index contributed by atoms with van der Waals surface area (Å²) in [5, 5.41) is 12.7. The number of carbonyl (C=O) groups is 1. The highest BCUT2D eigenvalue weighted by Gasteiger charge is 2.14. The van der Waals surface area contributed by atoms with Crippen molar-refractivity contribution in [3.05, 3.63) is 41.3 Å². The number of rotatable bonds is 2. The van der Waals surface area contributed by atoms with E-state index in [1.807, 2.05) is 0 Å². The molecule has 0 saturated heterocycles. The van der Waals surface area contributed by atoms with Crippen molar-refractivity contribution < 1.29 is 14.3 Å². The van der Waals surface area contributed by atoms with E-state index in [-0.39, 0.29) is 11.5 Å². The maximum atomic E-state index is 13.0. The number of hydrogen-bond acceptors (Lipinski definition) is 2. The van der Waals surface area contributed by atoms with E-state index in [9.17, 15) is 9.18 Å². The summed E-state index contributed by atoms with van der Waals surface area (Å²) in [5.41, 5.74) is 2.14. The zero-order chi connectivity index (χ0) is 12.6. The van der Waals surface area contributed by atoms with E-state index in [0.29, 0.717) is 5.69 Å². The average Bonchev–Trinajstić information content (AvgIpc) is 2.61. The van der Waals surface area contributed by atoms with Crippen molar-refractivity contribution in [3.8, 4) is 11.3 Å². The van der Waals surface area contributed by atoms with Crippen molar-refractivity contribution in [1.82, 2.24) is 9.78 Å². The van der Waals surface area contributed by atoms with Crippen molar-refractivity contribution in [2.45, 2.75) is 6.92 Å². The molecule has 0 spiro atoms. The van der Waals surface area contributed by atoms with Crippen molar-refractivity contribution >= 4 is 5.97 Å². The van der Waals surface area contributed by atoms with Gasteiger partial charge in [0.05, 0.1) is 5.69 Å². The number of aromatic nitrogens is 2. The molecule has 0 atom stereocenters. The first-order chi connectivity index (χ1) is 7.99. The van der Waals surface area contributed by atoms with E-state index in [1.54, 1.807) is 20.0 Å². The summed E-state index contributed by atoms with van der Waals surface area (Å²) < 4.78 is 14.5. The lowest BCUT2D eigenvalue weighted by atomic mass is 10.1. The second-order valence-electron chi connectivity index (χ2n) is 3.80. The standard InChI is InChI=1S/C12H11FN2O2/c1-7-5-8(13)3-4-9(7)11-6-10(12(16)17)14-15(11)2/h3-6H,1-2H3,(H,16,17). The Labute approximate surface area is 97.3 Å². The van der Waals surface area contributed by atoms with Gasteiger partial charge in [-0.1, -0.05) is 0 Å². The minimum absolute atomic E-state index is 0.0220. The van der Waals surface area contributed by atoms with E-state index in [1.165, 1.54) is 22.9 Å². The Balaban J connectivity index is 2.56. The van der Waals surface area contributed by atoms with Gasteiger partial charge in [0.2, 0.25) is 0 Å². The van der Waals surface area contributed by atoms with E-state index in [2.05, 4.69) is 5.10 Å². The van der Waals surface area contributed by atoms with Gasteiger partial charge in [-0.2, -0.15) is 5.10 Å². The lowest BCUT2D eigenvalue weighted by molar-refractivity contribution is 0.0689. The molecule has 5 heteroatoms. The van der Waals surface area contributed by atoms with E-state index < -0.39 is 5.97 Å². The van der Waals surface area contributed by atoms with Gasteiger partial charge >= 0.3 is 5.97 Å². The van der Waals surface area contributed by atoms with Gasteiger partial charge in [0, 0.05) is 12.6 Å². The smallest absolute Gasteiger partial charge is 0.356 e. The van der Waals surface area contributed by atoms with Crippen LogP contribution in [-0.4, -0.2) is 20.9 Å². The van der Waals surface area contributed by atoms with Crippen LogP contribution in [0.5, 0.6) is 0 Å². The van der Waals surface area contributed by atoms with Gasteiger partial charge in [0.25, 0.3) is 0 Å². The maximum absolute atomic E-state index is 13.0. The molecule has 0 bridgehead atoms. The summed E-state index contributed by atoms with van der Waals surface area (Å²) in [4.78, 5) is 10.8. The summed E-state index contributed by atoms with van der Waals surface area (Å²) >= 11 is 0. The summed E-state index contributed by atoms with van der Waals surface area (Å²) in [6, 6.07) is 5.84. The average molecular weight is 234 g/mol. The first-order valence-corrected chi connectivity index (χ1v) is 5.03. The SMILES string of the molecule is Cc1cc(F)ccc1-c1cc(C(=O)O)nn1C. The van der Waals surface area contributed by atoms with Crippen LogP contribution in [0.3, 0.4) is 0 Å². The van der Waals surface area contributed by atoms with Crippen LogP contribution in [0.25, 0.3) is 11.3 Å². The molecule has 1 aromatic carbocycles. The van der Waals surface area contributed by atoms with Crippen molar-refractivity contribution in [2.75, 3.05) is 0 Å². The summed E-state index contributed by atoms with van der Waals surface area (Å²) in [6.45, 7) is 1.77. The molecule has 4 nitrogen and oxygen atoms in total. The van der Waals surface area contributed by atoms with Crippen LogP contribution in [-0.2, 0) is 7.05 Å². The van der Waals surface area contributed by atoms with Crippen molar-refractivity contribution in [2.24, 2.45) is 7.05 Å². The van der Waals surface area contributed by atoms with Gasteiger partial charge in [-0.3, -0.25) is 4.68 Å². The van der Waals surface area contributed by atoms with Crippen LogP contribution >= 0.6 is 0 Å². The number of carboxylic acid groups (broad SMARTS) is 1. The van der Waals surface area contributed by atoms with Crippen LogP contribution in [0.2, 0.25) is 0 Å². The number of aromatic carboxylic acids is 1. The molecule has 0 aliphatic rings. The lowest BCUT2D eigenvalue weighted by Crippen LogP contribution is -1.99. The van der Waals surface area contributed by atoms with Gasteiger partial charge in [-0.15, -0.1) is 0 Å². The number of nitrogens with zero attached hydrogens (tertiary/aromatic N) is 2. The fraction of sp³-hybridized carbons (Fsp3) is 0.167. The van der Waals surface area contributed by atoms with Gasteiger partial charge in [-0.25, -0.2) is 9.18 Å². The van der Waals surface area contributed by atoms with Gasteiger partial charge < -0.3 is 5.11 Å². The molecule has 1 heterocycles. The molecule has 0 saturated carbocycles. The third kappa shape index (κ3) is 2.04. The highest BCUT2D eigenvalue weighted by Crippen LogP contribution is 2.24. The fourth-order valence-electron chi connectivity index (χ4n) is 1.74. The molecule has 1 aromatic heterocycles. The van der Waals surface area contributed by atoms with Crippen molar-refractivity contribution in [3.63, 3.8) is 0 Å². The van der Waals surface area contributed by atoms with Crippen LogP contribution in [0, 0.1) is 12.7 Å². The Bertz CT molecular complexity index is 590. The summed E-state index contributed by atoms with van der Waals surface area (Å²) in [5.74, 6) is -1.39. The second kappa shape index (κ2) is 4.01. The van der Waals surface area contributed by atoms with Crippen LogP contribution in [0.4, 0.5) is 4.39 Å². The molecule has 0 radical (unpaired) electrons. The minimum Gasteiger partial charge on any atom is -0.476 e. The Morgan fingerprint density at radius 3 is 2.65 bits per heavy atom. The number of benzene rings is 1. The van der Waals surface area contributed by atoms with Gasteiger partial charge in [0.1, 0.15) is 5.82 Å². The van der Waals surface area contributed by atoms with E-state index in [0.717, 1.165) is 11.1 Å². The summed E-state index contributed by atoms with van der Waals surface area (Å²) in [7, 11) is 1.66. The molecule has 88 valence electrons.